The first-order valence-corrected chi connectivity index (χ1v) is 8.46. The van der Waals surface area contributed by atoms with Crippen molar-refractivity contribution >= 4 is 16.7 Å². The zero-order chi connectivity index (χ0) is 17.7. The van der Waals surface area contributed by atoms with Crippen LogP contribution >= 0.6 is 0 Å². The Bertz CT molecular complexity index is 1130. The van der Waals surface area contributed by atoms with Crippen molar-refractivity contribution in [2.24, 2.45) is 0 Å². The summed E-state index contributed by atoms with van der Waals surface area (Å²) in [5.41, 5.74) is 4.71. The maximum atomic E-state index is 10.5. The van der Waals surface area contributed by atoms with Crippen LogP contribution in [0.5, 0.6) is 11.5 Å². The molecule has 0 radical (unpaired) electrons. The quantitative estimate of drug-likeness (QED) is 0.567. The first-order valence-electron chi connectivity index (χ1n) is 8.46. The molecule has 1 unspecified atom stereocenters. The number of hydrogen-bond donors (Lipinski definition) is 2. The Labute approximate surface area is 150 Å². The van der Waals surface area contributed by atoms with Crippen LogP contribution in [0, 0.1) is 0 Å². The van der Waals surface area contributed by atoms with Gasteiger partial charge in [-0.2, -0.15) is 0 Å². The van der Waals surface area contributed by atoms with Gasteiger partial charge in [0.1, 0.15) is 23.5 Å². The summed E-state index contributed by atoms with van der Waals surface area (Å²) in [7, 11) is 1.62. The Hall–Kier alpha value is -3.47. The van der Waals surface area contributed by atoms with Crippen molar-refractivity contribution in [3.05, 3.63) is 72.3 Å². The van der Waals surface area contributed by atoms with E-state index in [-0.39, 0.29) is 11.9 Å². The van der Waals surface area contributed by atoms with Crippen molar-refractivity contribution in [3.8, 4) is 22.9 Å². The number of benzene rings is 3. The van der Waals surface area contributed by atoms with Crippen molar-refractivity contribution in [3.63, 3.8) is 0 Å². The third-order valence-corrected chi connectivity index (χ3v) is 4.84. The lowest BCUT2D eigenvalue weighted by Gasteiger charge is -2.30. The van der Waals surface area contributed by atoms with E-state index in [4.69, 9.17) is 9.72 Å². The molecule has 128 valence electrons. The highest BCUT2D eigenvalue weighted by atomic mass is 16.5. The molecular weight excluding hydrogens is 326 g/mol. The molecule has 4 aromatic rings. The van der Waals surface area contributed by atoms with Crippen LogP contribution in [0.15, 0.2) is 66.7 Å². The maximum Gasteiger partial charge on any atom is 0.145 e. The Morgan fingerprint density at radius 3 is 2.73 bits per heavy atom. The molecule has 0 saturated heterocycles. The lowest BCUT2D eigenvalue weighted by Crippen LogP contribution is -2.24. The highest BCUT2D eigenvalue weighted by Crippen LogP contribution is 2.42. The SMILES string of the molecule is COc1ccc(O)c(C2Nc3ccccc3-c3nc4ccccc4n32)c1. The summed E-state index contributed by atoms with van der Waals surface area (Å²) in [6, 6.07) is 21.4. The van der Waals surface area contributed by atoms with E-state index >= 15 is 0 Å². The van der Waals surface area contributed by atoms with Crippen molar-refractivity contribution in [2.45, 2.75) is 6.17 Å². The lowest BCUT2D eigenvalue weighted by atomic mass is 10.0. The third kappa shape index (κ3) is 2.07. The number of ether oxygens (including phenoxy) is 1. The van der Waals surface area contributed by atoms with Gasteiger partial charge in [-0.3, -0.25) is 4.57 Å². The number of fused-ring (bicyclic) bond motifs is 5. The van der Waals surface area contributed by atoms with Gasteiger partial charge in [0.25, 0.3) is 0 Å². The Kier molecular flexibility index (Phi) is 3.15. The second-order valence-corrected chi connectivity index (χ2v) is 6.31. The van der Waals surface area contributed by atoms with Crippen molar-refractivity contribution in [1.82, 2.24) is 9.55 Å². The molecule has 1 atom stereocenters. The topological polar surface area (TPSA) is 59.3 Å². The maximum absolute atomic E-state index is 10.5. The second kappa shape index (κ2) is 5.52. The number of para-hydroxylation sites is 3. The molecule has 0 aliphatic carbocycles. The average Bonchev–Trinajstić information content (AvgIpc) is 3.08. The molecule has 0 fully saturated rings. The molecule has 5 rings (SSSR count). The predicted octanol–water partition coefficient (Wildman–Crippen LogP) is 4.39. The number of rotatable bonds is 2. The summed E-state index contributed by atoms with van der Waals surface area (Å²) in [5.74, 6) is 1.80. The van der Waals surface area contributed by atoms with Crippen LogP contribution in [0.25, 0.3) is 22.4 Å². The molecule has 0 bridgehead atoms. The highest BCUT2D eigenvalue weighted by molar-refractivity contribution is 5.86. The minimum atomic E-state index is -0.289. The van der Waals surface area contributed by atoms with E-state index in [1.807, 2.05) is 48.5 Å². The largest absolute Gasteiger partial charge is 0.508 e. The van der Waals surface area contributed by atoms with E-state index in [1.165, 1.54) is 0 Å². The summed E-state index contributed by atoms with van der Waals surface area (Å²) >= 11 is 0. The fourth-order valence-electron chi connectivity index (χ4n) is 3.61. The number of phenolic OH excluding ortho intramolecular Hbond substituents is 1. The number of nitrogens with zero attached hydrogens (tertiary/aromatic N) is 2. The van der Waals surface area contributed by atoms with Gasteiger partial charge in [-0.15, -0.1) is 0 Å². The molecule has 0 saturated carbocycles. The first-order chi connectivity index (χ1) is 12.8. The van der Waals surface area contributed by atoms with Crippen molar-refractivity contribution < 1.29 is 9.84 Å². The Morgan fingerprint density at radius 2 is 1.85 bits per heavy atom. The van der Waals surface area contributed by atoms with Crippen LogP contribution in [-0.2, 0) is 0 Å². The molecule has 26 heavy (non-hydrogen) atoms. The fourth-order valence-corrected chi connectivity index (χ4v) is 3.61. The van der Waals surface area contributed by atoms with E-state index in [9.17, 15) is 5.11 Å². The predicted molar refractivity (Wildman–Crippen MR) is 102 cm³/mol. The number of hydrogen-bond acceptors (Lipinski definition) is 4. The number of aromatic hydroxyl groups is 1. The van der Waals surface area contributed by atoms with Gasteiger partial charge in [-0.05, 0) is 42.5 Å². The molecule has 2 heterocycles. The monoisotopic (exact) mass is 343 g/mol. The molecule has 2 N–H and O–H groups in total. The average molecular weight is 343 g/mol. The fraction of sp³-hybridized carbons (Fsp3) is 0.0952. The van der Waals surface area contributed by atoms with E-state index in [0.29, 0.717) is 5.75 Å². The normalized spacial score (nSPS) is 15.2. The van der Waals surface area contributed by atoms with Crippen LogP contribution < -0.4 is 10.1 Å². The molecule has 1 aliphatic heterocycles. The van der Waals surface area contributed by atoms with Gasteiger partial charge in [0, 0.05) is 16.8 Å². The molecule has 3 aromatic carbocycles. The standard InChI is InChI=1S/C21H17N3O2/c1-26-13-10-11-19(25)15(12-13)21-22-16-7-3-2-6-14(16)20-23-17-8-4-5-9-18(17)24(20)21/h2-12,21-22,25H,1H3. The summed E-state index contributed by atoms with van der Waals surface area (Å²) in [6.07, 6.45) is -0.289. The molecule has 5 nitrogen and oxygen atoms in total. The summed E-state index contributed by atoms with van der Waals surface area (Å²) in [5, 5.41) is 14.1. The van der Waals surface area contributed by atoms with Crippen LogP contribution in [-0.4, -0.2) is 21.8 Å². The number of anilines is 1. The summed E-state index contributed by atoms with van der Waals surface area (Å²) in [4.78, 5) is 4.85. The smallest absolute Gasteiger partial charge is 0.145 e. The number of nitrogens with one attached hydrogen (secondary N) is 1. The minimum Gasteiger partial charge on any atom is -0.508 e. The van der Waals surface area contributed by atoms with Crippen molar-refractivity contribution in [1.29, 1.82) is 0 Å². The molecular formula is C21H17N3O2. The zero-order valence-electron chi connectivity index (χ0n) is 14.2. The molecule has 5 heteroatoms. The highest BCUT2D eigenvalue weighted by Gasteiger charge is 2.29. The van der Waals surface area contributed by atoms with E-state index in [0.717, 1.165) is 33.7 Å². The number of methoxy groups -OCH3 is 1. The van der Waals surface area contributed by atoms with Crippen LogP contribution in [0.1, 0.15) is 11.7 Å². The molecule has 0 amide bonds. The third-order valence-electron chi connectivity index (χ3n) is 4.84. The van der Waals surface area contributed by atoms with Gasteiger partial charge in [0.05, 0.1) is 18.1 Å². The molecule has 1 aliphatic rings. The lowest BCUT2D eigenvalue weighted by molar-refractivity contribution is 0.409. The van der Waals surface area contributed by atoms with Gasteiger partial charge in [0.15, 0.2) is 0 Å². The van der Waals surface area contributed by atoms with Crippen LogP contribution in [0.3, 0.4) is 0 Å². The van der Waals surface area contributed by atoms with Gasteiger partial charge >= 0.3 is 0 Å². The zero-order valence-corrected chi connectivity index (χ0v) is 14.2. The first kappa shape index (κ1) is 14.8. The number of aromatic nitrogens is 2. The van der Waals surface area contributed by atoms with Crippen LogP contribution in [0.4, 0.5) is 5.69 Å². The van der Waals surface area contributed by atoms with Gasteiger partial charge in [0.2, 0.25) is 0 Å². The molecule has 1 aromatic heterocycles. The number of phenols is 1. The summed E-state index contributed by atoms with van der Waals surface area (Å²) in [6.45, 7) is 0. The van der Waals surface area contributed by atoms with Gasteiger partial charge < -0.3 is 15.2 Å². The van der Waals surface area contributed by atoms with Gasteiger partial charge in [-0.25, -0.2) is 4.98 Å². The number of imidazole rings is 1. The minimum absolute atomic E-state index is 0.214. The second-order valence-electron chi connectivity index (χ2n) is 6.31. The van der Waals surface area contributed by atoms with Crippen LogP contribution in [0.2, 0.25) is 0 Å². The summed E-state index contributed by atoms with van der Waals surface area (Å²) < 4.78 is 7.49. The van der Waals surface area contributed by atoms with E-state index in [1.54, 1.807) is 19.2 Å². The van der Waals surface area contributed by atoms with Gasteiger partial charge in [-0.1, -0.05) is 24.3 Å². The molecule has 0 spiro atoms. The Morgan fingerprint density at radius 1 is 1.04 bits per heavy atom. The van der Waals surface area contributed by atoms with Crippen molar-refractivity contribution in [2.75, 3.05) is 12.4 Å². The Balaban J connectivity index is 1.82. The van der Waals surface area contributed by atoms with E-state index in [2.05, 4.69) is 16.0 Å². The van der Waals surface area contributed by atoms with E-state index < -0.39 is 0 Å².